The first-order valence-electron chi connectivity index (χ1n) is 7.50. The second-order valence-electron chi connectivity index (χ2n) is 5.37. The van der Waals surface area contributed by atoms with Crippen LogP contribution in [0, 0.1) is 0 Å². The van der Waals surface area contributed by atoms with Crippen LogP contribution in [-0.2, 0) is 4.79 Å². The molecule has 25 heavy (non-hydrogen) atoms. The topological polar surface area (TPSA) is 90.0 Å². The zero-order valence-electron chi connectivity index (χ0n) is 13.1. The first-order chi connectivity index (χ1) is 12.0. The van der Waals surface area contributed by atoms with Crippen molar-refractivity contribution in [3.63, 3.8) is 0 Å². The Hall–Kier alpha value is -2.93. The van der Waals surface area contributed by atoms with Crippen LogP contribution >= 0.6 is 15.9 Å². The van der Waals surface area contributed by atoms with Crippen LogP contribution in [0.25, 0.3) is 5.69 Å². The van der Waals surface area contributed by atoms with Crippen LogP contribution in [0.1, 0.15) is 22.0 Å². The van der Waals surface area contributed by atoms with Gasteiger partial charge in [0, 0.05) is 11.8 Å². The lowest BCUT2D eigenvalue weighted by Crippen LogP contribution is -2.37. The lowest BCUT2D eigenvalue weighted by Gasteiger charge is -2.16. The molecular formula is C18H15BrN4O2. The highest BCUT2D eigenvalue weighted by Gasteiger charge is 2.21. The first-order valence-corrected chi connectivity index (χ1v) is 8.29. The number of amides is 2. The van der Waals surface area contributed by atoms with Gasteiger partial charge in [0.1, 0.15) is 6.04 Å². The Morgan fingerprint density at radius 3 is 2.52 bits per heavy atom. The normalized spacial score (nSPS) is 11.7. The van der Waals surface area contributed by atoms with Crippen molar-refractivity contribution >= 4 is 27.7 Å². The molecule has 0 fully saturated rings. The molecule has 3 aromatic rings. The van der Waals surface area contributed by atoms with Gasteiger partial charge in [-0.15, -0.1) is 0 Å². The Labute approximate surface area is 152 Å². The molecular weight excluding hydrogens is 384 g/mol. The minimum Gasteiger partial charge on any atom is -0.368 e. The fourth-order valence-electron chi connectivity index (χ4n) is 2.41. The van der Waals surface area contributed by atoms with Crippen LogP contribution in [0.3, 0.4) is 0 Å². The van der Waals surface area contributed by atoms with Crippen LogP contribution < -0.4 is 11.1 Å². The van der Waals surface area contributed by atoms with Crippen LogP contribution in [0.15, 0.2) is 71.5 Å². The molecule has 0 radical (unpaired) electrons. The molecule has 3 rings (SSSR count). The molecule has 1 heterocycles. The fraction of sp³-hybridized carbons (Fsp3) is 0.0556. The van der Waals surface area contributed by atoms with Crippen molar-refractivity contribution in [2.45, 2.75) is 6.04 Å². The highest BCUT2D eigenvalue weighted by atomic mass is 79.9. The Morgan fingerprint density at radius 2 is 1.88 bits per heavy atom. The molecule has 0 saturated heterocycles. The molecule has 1 aromatic heterocycles. The molecule has 1 unspecified atom stereocenters. The van der Waals surface area contributed by atoms with Gasteiger partial charge in [-0.05, 0) is 39.7 Å². The van der Waals surface area contributed by atoms with E-state index in [1.807, 2.05) is 12.1 Å². The maximum atomic E-state index is 12.6. The van der Waals surface area contributed by atoms with Crippen molar-refractivity contribution in [1.82, 2.24) is 15.1 Å². The molecule has 126 valence electrons. The van der Waals surface area contributed by atoms with Crippen molar-refractivity contribution < 1.29 is 9.59 Å². The molecule has 3 N–H and O–H groups in total. The van der Waals surface area contributed by atoms with Gasteiger partial charge >= 0.3 is 0 Å². The molecule has 0 aliphatic carbocycles. The number of aromatic nitrogens is 2. The van der Waals surface area contributed by atoms with Crippen LogP contribution in [0.4, 0.5) is 0 Å². The summed E-state index contributed by atoms with van der Waals surface area (Å²) in [4.78, 5) is 24.3. The highest BCUT2D eigenvalue weighted by Crippen LogP contribution is 2.16. The Kier molecular flexibility index (Phi) is 4.95. The van der Waals surface area contributed by atoms with Gasteiger partial charge in [-0.2, -0.15) is 5.10 Å². The molecule has 7 heteroatoms. The first kappa shape index (κ1) is 16.9. The second-order valence-corrected chi connectivity index (χ2v) is 6.29. The monoisotopic (exact) mass is 398 g/mol. The minimum atomic E-state index is -0.892. The average Bonchev–Trinajstić information content (AvgIpc) is 3.06. The zero-order valence-corrected chi connectivity index (χ0v) is 14.7. The Bertz CT molecular complexity index is 908. The summed E-state index contributed by atoms with van der Waals surface area (Å²) in [6.45, 7) is 0. The molecule has 6 nitrogen and oxygen atoms in total. The van der Waals surface area contributed by atoms with Crippen LogP contribution in [0.5, 0.6) is 0 Å². The van der Waals surface area contributed by atoms with Crippen LogP contribution in [-0.4, -0.2) is 21.6 Å². The molecule has 0 aliphatic rings. The van der Waals surface area contributed by atoms with Crippen molar-refractivity contribution in [3.05, 3.63) is 82.6 Å². The average molecular weight is 399 g/mol. The molecule has 0 spiro atoms. The number of nitrogens with zero attached hydrogens (tertiary/aromatic N) is 2. The van der Waals surface area contributed by atoms with Gasteiger partial charge in [0.2, 0.25) is 5.91 Å². The number of primary amides is 1. The number of carbonyl (C=O) groups is 2. The van der Waals surface area contributed by atoms with Gasteiger partial charge in [-0.3, -0.25) is 9.59 Å². The number of nitrogens with two attached hydrogens (primary N) is 1. The van der Waals surface area contributed by atoms with Gasteiger partial charge in [-0.1, -0.05) is 36.4 Å². The van der Waals surface area contributed by atoms with E-state index in [2.05, 4.69) is 26.3 Å². The Morgan fingerprint density at radius 1 is 1.12 bits per heavy atom. The van der Waals surface area contributed by atoms with E-state index in [-0.39, 0.29) is 5.91 Å². The largest absolute Gasteiger partial charge is 0.368 e. The number of benzene rings is 2. The summed E-state index contributed by atoms with van der Waals surface area (Å²) >= 11 is 3.34. The van der Waals surface area contributed by atoms with Gasteiger partial charge in [0.05, 0.1) is 16.4 Å². The van der Waals surface area contributed by atoms with E-state index in [4.69, 9.17) is 5.73 Å². The Balaban J connectivity index is 1.84. The summed E-state index contributed by atoms with van der Waals surface area (Å²) < 4.78 is 2.48. The summed E-state index contributed by atoms with van der Waals surface area (Å²) in [6, 6.07) is 14.9. The summed E-state index contributed by atoms with van der Waals surface area (Å²) in [5.41, 5.74) is 7.22. The maximum Gasteiger partial charge on any atom is 0.252 e. The predicted octanol–water partition coefficient (Wildman–Crippen LogP) is 2.59. The van der Waals surface area contributed by atoms with E-state index in [9.17, 15) is 9.59 Å². The highest BCUT2D eigenvalue weighted by molar-refractivity contribution is 9.10. The van der Waals surface area contributed by atoms with Crippen molar-refractivity contribution in [1.29, 1.82) is 0 Å². The maximum absolute atomic E-state index is 12.6. The number of rotatable bonds is 5. The number of carbonyl (C=O) groups excluding carboxylic acids is 2. The SMILES string of the molecule is NC(=O)C(NC(=O)c1cccc(-n2cc(Br)cn2)c1)c1ccccc1. The summed E-state index contributed by atoms with van der Waals surface area (Å²) in [7, 11) is 0. The van der Waals surface area contributed by atoms with E-state index in [1.54, 1.807) is 59.5 Å². The standard InChI is InChI=1S/C18H15BrN4O2/c19-14-10-21-23(11-14)15-8-4-7-13(9-15)18(25)22-16(17(20)24)12-5-2-1-3-6-12/h1-11,16H,(H2,20,24)(H,22,25). The molecule has 2 amide bonds. The number of halogens is 1. The van der Waals surface area contributed by atoms with Crippen LogP contribution in [0.2, 0.25) is 0 Å². The quantitative estimate of drug-likeness (QED) is 0.691. The van der Waals surface area contributed by atoms with E-state index in [0.717, 1.165) is 10.2 Å². The molecule has 0 saturated carbocycles. The lowest BCUT2D eigenvalue weighted by molar-refractivity contribution is -0.120. The number of nitrogens with one attached hydrogen (secondary N) is 1. The van der Waals surface area contributed by atoms with E-state index in [1.165, 1.54) is 0 Å². The van der Waals surface area contributed by atoms with Gasteiger partial charge in [0.25, 0.3) is 5.91 Å². The smallest absolute Gasteiger partial charge is 0.252 e. The van der Waals surface area contributed by atoms with Gasteiger partial charge in [-0.25, -0.2) is 4.68 Å². The number of hydrogen-bond donors (Lipinski definition) is 2. The summed E-state index contributed by atoms with van der Waals surface area (Å²) in [5.74, 6) is -1.01. The third kappa shape index (κ3) is 3.95. The minimum absolute atomic E-state index is 0.388. The molecule has 2 aromatic carbocycles. The van der Waals surface area contributed by atoms with E-state index < -0.39 is 11.9 Å². The summed E-state index contributed by atoms with van der Waals surface area (Å²) in [5, 5.41) is 6.87. The predicted molar refractivity (Wildman–Crippen MR) is 97.1 cm³/mol. The molecule has 0 bridgehead atoms. The molecule has 0 aliphatic heterocycles. The third-order valence-corrected chi connectivity index (χ3v) is 4.03. The van der Waals surface area contributed by atoms with E-state index >= 15 is 0 Å². The lowest BCUT2D eigenvalue weighted by atomic mass is 10.1. The molecule has 1 atom stereocenters. The van der Waals surface area contributed by atoms with Gasteiger partial charge in [0.15, 0.2) is 0 Å². The van der Waals surface area contributed by atoms with E-state index in [0.29, 0.717) is 11.1 Å². The third-order valence-electron chi connectivity index (χ3n) is 3.62. The second kappa shape index (κ2) is 7.31. The fourth-order valence-corrected chi connectivity index (χ4v) is 2.70. The van der Waals surface area contributed by atoms with Gasteiger partial charge < -0.3 is 11.1 Å². The van der Waals surface area contributed by atoms with Crippen molar-refractivity contribution in [2.24, 2.45) is 5.73 Å². The summed E-state index contributed by atoms with van der Waals surface area (Å²) in [6.07, 6.45) is 3.44. The van der Waals surface area contributed by atoms with Crippen molar-refractivity contribution in [2.75, 3.05) is 0 Å². The number of hydrogen-bond acceptors (Lipinski definition) is 3. The van der Waals surface area contributed by atoms with Crippen molar-refractivity contribution in [3.8, 4) is 5.69 Å². The zero-order chi connectivity index (χ0) is 17.8.